The van der Waals surface area contributed by atoms with E-state index in [4.69, 9.17) is 0 Å². The molecule has 0 saturated carbocycles. The molecule has 2 aromatic carbocycles. The zero-order chi connectivity index (χ0) is 15.9. The van der Waals surface area contributed by atoms with E-state index in [0.717, 1.165) is 5.01 Å². The van der Waals surface area contributed by atoms with Gasteiger partial charge < -0.3 is 5.11 Å². The lowest BCUT2D eigenvalue weighted by Crippen LogP contribution is -2.51. The largest absolute Gasteiger partial charge is 0.507 e. The van der Waals surface area contributed by atoms with Crippen LogP contribution in [0.4, 0.5) is 0 Å². The van der Waals surface area contributed by atoms with Crippen molar-refractivity contribution in [1.82, 2.24) is 10.4 Å². The molecule has 2 aromatic rings. The maximum Gasteiger partial charge on any atom is 0.280 e. The van der Waals surface area contributed by atoms with Crippen LogP contribution in [0.2, 0.25) is 0 Å². The highest BCUT2D eigenvalue weighted by Crippen LogP contribution is 2.34. The van der Waals surface area contributed by atoms with Crippen LogP contribution in [0.15, 0.2) is 30.3 Å². The van der Waals surface area contributed by atoms with E-state index in [-0.39, 0.29) is 23.3 Å². The number of phenols is 1. The Hall–Kier alpha value is -2.89. The lowest BCUT2D eigenvalue weighted by molar-refractivity contribution is -0.124. The van der Waals surface area contributed by atoms with Gasteiger partial charge in [0.25, 0.3) is 11.8 Å². The van der Waals surface area contributed by atoms with Crippen LogP contribution in [-0.4, -0.2) is 27.8 Å². The Morgan fingerprint density at radius 2 is 1.82 bits per heavy atom. The first kappa shape index (κ1) is 14.1. The van der Waals surface area contributed by atoms with E-state index in [2.05, 4.69) is 5.43 Å². The number of nitrogens with zero attached hydrogens (tertiary/aromatic N) is 1. The second-order valence-corrected chi connectivity index (χ2v) is 5.09. The van der Waals surface area contributed by atoms with Crippen molar-refractivity contribution in [1.29, 1.82) is 0 Å². The minimum Gasteiger partial charge on any atom is -0.507 e. The summed E-state index contributed by atoms with van der Waals surface area (Å²) in [5.41, 5.74) is 2.91. The first-order chi connectivity index (χ1) is 10.5. The fourth-order valence-corrected chi connectivity index (χ4v) is 2.59. The van der Waals surface area contributed by atoms with Gasteiger partial charge in [-0.15, -0.1) is 0 Å². The van der Waals surface area contributed by atoms with Crippen molar-refractivity contribution in [2.24, 2.45) is 0 Å². The number of nitrogens with one attached hydrogen (secondary N) is 1. The minimum absolute atomic E-state index is 0.00432. The maximum absolute atomic E-state index is 12.5. The quantitative estimate of drug-likeness (QED) is 0.848. The monoisotopic (exact) mass is 298 g/mol. The standard InChI is InChI=1S/C16H14N2O4/c1-2-4-13(20)17-18-15(21)10-6-3-5-9-12(19)8-7-11(14(9)10)16(18)22/h3,5-8,19H,2,4H2,1H3,(H,17,20). The molecule has 1 aliphatic heterocycles. The maximum atomic E-state index is 12.5. The number of amides is 3. The lowest BCUT2D eigenvalue weighted by Gasteiger charge is -2.27. The average Bonchev–Trinajstić information content (AvgIpc) is 2.51. The van der Waals surface area contributed by atoms with Gasteiger partial charge in [-0.1, -0.05) is 19.1 Å². The predicted molar refractivity (Wildman–Crippen MR) is 79.2 cm³/mol. The van der Waals surface area contributed by atoms with E-state index < -0.39 is 17.7 Å². The van der Waals surface area contributed by atoms with Gasteiger partial charge in [0.15, 0.2) is 0 Å². The summed E-state index contributed by atoms with van der Waals surface area (Å²) in [5.74, 6) is -1.58. The van der Waals surface area contributed by atoms with Gasteiger partial charge in [0, 0.05) is 17.2 Å². The van der Waals surface area contributed by atoms with Gasteiger partial charge in [-0.05, 0) is 24.6 Å². The van der Waals surface area contributed by atoms with Crippen LogP contribution in [0.5, 0.6) is 5.75 Å². The third kappa shape index (κ3) is 2.00. The van der Waals surface area contributed by atoms with Crippen molar-refractivity contribution in [3.63, 3.8) is 0 Å². The van der Waals surface area contributed by atoms with E-state index in [9.17, 15) is 19.5 Å². The van der Waals surface area contributed by atoms with Crippen LogP contribution in [-0.2, 0) is 4.79 Å². The number of phenolic OH excluding ortho intramolecular Hbond substituents is 1. The molecule has 0 aliphatic carbocycles. The SMILES string of the molecule is CCCC(=O)NN1C(=O)c2cccc3c(O)ccc(c23)C1=O. The smallest absolute Gasteiger partial charge is 0.280 e. The van der Waals surface area contributed by atoms with Gasteiger partial charge in [0.2, 0.25) is 5.91 Å². The summed E-state index contributed by atoms with van der Waals surface area (Å²) in [4.78, 5) is 36.7. The van der Waals surface area contributed by atoms with Gasteiger partial charge in [-0.2, -0.15) is 5.01 Å². The molecule has 3 rings (SSSR count). The van der Waals surface area contributed by atoms with Crippen LogP contribution in [0.1, 0.15) is 40.5 Å². The zero-order valence-corrected chi connectivity index (χ0v) is 11.9. The van der Waals surface area contributed by atoms with Gasteiger partial charge in [-0.25, -0.2) is 0 Å². The topological polar surface area (TPSA) is 86.7 Å². The molecule has 0 atom stereocenters. The predicted octanol–water partition coefficient (Wildman–Crippen LogP) is 1.97. The number of carbonyl (C=O) groups is 3. The van der Waals surface area contributed by atoms with Crippen LogP contribution >= 0.6 is 0 Å². The fourth-order valence-electron chi connectivity index (χ4n) is 2.59. The van der Waals surface area contributed by atoms with E-state index in [0.29, 0.717) is 17.2 Å². The van der Waals surface area contributed by atoms with E-state index in [1.807, 2.05) is 6.92 Å². The summed E-state index contributed by atoms with van der Waals surface area (Å²) in [6, 6.07) is 7.69. The molecular weight excluding hydrogens is 284 g/mol. The van der Waals surface area contributed by atoms with Crippen LogP contribution in [0.3, 0.4) is 0 Å². The second kappa shape index (κ2) is 5.14. The number of hydrogen-bond donors (Lipinski definition) is 2. The molecule has 0 aromatic heterocycles. The zero-order valence-electron chi connectivity index (χ0n) is 11.9. The third-order valence-electron chi connectivity index (χ3n) is 3.60. The van der Waals surface area contributed by atoms with Crippen LogP contribution in [0.25, 0.3) is 10.8 Å². The number of carbonyl (C=O) groups excluding carboxylic acids is 3. The normalized spacial score (nSPS) is 13.6. The summed E-state index contributed by atoms with van der Waals surface area (Å²) < 4.78 is 0. The number of benzene rings is 2. The summed E-state index contributed by atoms with van der Waals surface area (Å²) in [5, 5.41) is 11.5. The van der Waals surface area contributed by atoms with Crippen molar-refractivity contribution < 1.29 is 19.5 Å². The molecule has 1 heterocycles. The van der Waals surface area contributed by atoms with Crippen LogP contribution in [0, 0.1) is 0 Å². The summed E-state index contributed by atoms with van der Waals surface area (Å²) in [7, 11) is 0. The van der Waals surface area contributed by atoms with Crippen molar-refractivity contribution in [2.75, 3.05) is 0 Å². The average molecular weight is 298 g/mol. The molecule has 0 spiro atoms. The Kier molecular flexibility index (Phi) is 3.29. The number of aromatic hydroxyl groups is 1. The highest BCUT2D eigenvalue weighted by atomic mass is 16.3. The molecule has 0 radical (unpaired) electrons. The Morgan fingerprint density at radius 3 is 2.50 bits per heavy atom. The Labute approximate surface area is 126 Å². The fraction of sp³-hybridized carbons (Fsp3) is 0.188. The van der Waals surface area contributed by atoms with E-state index in [1.165, 1.54) is 12.1 Å². The number of imide groups is 1. The van der Waals surface area contributed by atoms with E-state index >= 15 is 0 Å². The van der Waals surface area contributed by atoms with E-state index in [1.54, 1.807) is 18.2 Å². The lowest BCUT2D eigenvalue weighted by atomic mass is 9.94. The summed E-state index contributed by atoms with van der Waals surface area (Å²) >= 11 is 0. The molecule has 22 heavy (non-hydrogen) atoms. The first-order valence-corrected chi connectivity index (χ1v) is 6.97. The number of hydrogen-bond acceptors (Lipinski definition) is 4. The minimum atomic E-state index is -0.599. The third-order valence-corrected chi connectivity index (χ3v) is 3.60. The summed E-state index contributed by atoms with van der Waals surface area (Å²) in [6.45, 7) is 1.83. The molecule has 1 aliphatic rings. The van der Waals surface area contributed by atoms with Crippen LogP contribution < -0.4 is 5.43 Å². The summed E-state index contributed by atoms with van der Waals surface area (Å²) in [6.07, 6.45) is 0.839. The van der Waals surface area contributed by atoms with Crippen molar-refractivity contribution in [3.8, 4) is 5.75 Å². The highest BCUT2D eigenvalue weighted by molar-refractivity contribution is 6.26. The molecule has 112 valence electrons. The van der Waals surface area contributed by atoms with Gasteiger partial charge >= 0.3 is 0 Å². The molecule has 3 amide bonds. The second-order valence-electron chi connectivity index (χ2n) is 5.09. The molecular formula is C16H14N2O4. The van der Waals surface area contributed by atoms with Crippen molar-refractivity contribution in [2.45, 2.75) is 19.8 Å². The molecule has 0 saturated heterocycles. The molecule has 0 bridgehead atoms. The molecule has 6 heteroatoms. The number of rotatable bonds is 3. The highest BCUT2D eigenvalue weighted by Gasteiger charge is 2.34. The van der Waals surface area contributed by atoms with Gasteiger partial charge in [-0.3, -0.25) is 19.8 Å². The molecule has 6 nitrogen and oxygen atoms in total. The molecule has 0 unspecified atom stereocenters. The Morgan fingerprint density at radius 1 is 1.14 bits per heavy atom. The Balaban J connectivity index is 2.13. The van der Waals surface area contributed by atoms with Crippen molar-refractivity contribution in [3.05, 3.63) is 41.5 Å². The first-order valence-electron chi connectivity index (χ1n) is 6.97. The molecule has 0 fully saturated rings. The Bertz CT molecular complexity index is 791. The van der Waals surface area contributed by atoms with Gasteiger partial charge in [0.05, 0.1) is 11.1 Å². The molecule has 2 N–H and O–H groups in total. The van der Waals surface area contributed by atoms with Gasteiger partial charge in [0.1, 0.15) is 5.75 Å². The number of hydrazine groups is 1. The van der Waals surface area contributed by atoms with Crippen molar-refractivity contribution >= 4 is 28.5 Å².